The number of benzene rings is 2. The minimum absolute atomic E-state index is 0.218. The summed E-state index contributed by atoms with van der Waals surface area (Å²) in [5.41, 5.74) is 7.68. The number of carbonyl (C=O) groups is 2. The van der Waals surface area contributed by atoms with Crippen molar-refractivity contribution in [3.05, 3.63) is 65.2 Å². The number of amides is 1. The molecule has 4 N–H and O–H groups in total. The Balaban J connectivity index is 1.98. The molecule has 20 heavy (non-hydrogen) atoms. The molecule has 2 rings (SSSR count). The number of rotatable bonds is 4. The van der Waals surface area contributed by atoms with Crippen molar-refractivity contribution in [2.24, 2.45) is 0 Å². The minimum atomic E-state index is -0.972. The lowest BCUT2D eigenvalue weighted by molar-refractivity contribution is 0.0696. The van der Waals surface area contributed by atoms with Crippen molar-refractivity contribution >= 4 is 17.6 Å². The molecule has 0 aliphatic heterocycles. The molecule has 1 amide bonds. The van der Waals surface area contributed by atoms with Crippen molar-refractivity contribution in [2.75, 3.05) is 5.73 Å². The van der Waals surface area contributed by atoms with Crippen LogP contribution in [0.15, 0.2) is 48.5 Å². The number of carboxylic acids is 1. The fraction of sp³-hybridized carbons (Fsp3) is 0.0667. The molecule has 0 unspecified atom stereocenters. The van der Waals surface area contributed by atoms with Crippen LogP contribution in [0.1, 0.15) is 26.3 Å². The second kappa shape index (κ2) is 5.88. The first-order valence-corrected chi connectivity index (χ1v) is 6.02. The van der Waals surface area contributed by atoms with Gasteiger partial charge in [0, 0.05) is 17.8 Å². The molecule has 0 atom stereocenters. The van der Waals surface area contributed by atoms with Gasteiger partial charge in [0.15, 0.2) is 0 Å². The van der Waals surface area contributed by atoms with Crippen LogP contribution in [0.5, 0.6) is 0 Å². The maximum Gasteiger partial charge on any atom is 0.335 e. The van der Waals surface area contributed by atoms with Crippen molar-refractivity contribution in [3.63, 3.8) is 0 Å². The summed E-state index contributed by atoms with van der Waals surface area (Å²) in [5.74, 6) is -1.19. The van der Waals surface area contributed by atoms with E-state index in [9.17, 15) is 9.59 Å². The smallest absolute Gasteiger partial charge is 0.335 e. The molecule has 0 aliphatic rings. The highest BCUT2D eigenvalue weighted by atomic mass is 16.4. The second-order valence-electron chi connectivity index (χ2n) is 4.31. The molecule has 0 bridgehead atoms. The molecular weight excluding hydrogens is 256 g/mol. The standard InChI is InChI=1S/C15H14N2O3/c16-13-3-1-2-12(8-13)14(18)17-9-10-4-6-11(7-5-10)15(19)20/h1-8H,9,16H2,(H,17,18)(H,19,20). The van der Waals surface area contributed by atoms with E-state index in [4.69, 9.17) is 10.8 Å². The van der Waals surface area contributed by atoms with Crippen LogP contribution in [0.25, 0.3) is 0 Å². The fourth-order valence-corrected chi connectivity index (χ4v) is 1.73. The summed E-state index contributed by atoms with van der Waals surface area (Å²) >= 11 is 0. The van der Waals surface area contributed by atoms with E-state index in [0.29, 0.717) is 17.8 Å². The van der Waals surface area contributed by atoms with E-state index >= 15 is 0 Å². The first kappa shape index (κ1) is 13.6. The number of nitrogen functional groups attached to an aromatic ring is 1. The quantitative estimate of drug-likeness (QED) is 0.740. The Bertz CT molecular complexity index is 636. The predicted molar refractivity (Wildman–Crippen MR) is 75.4 cm³/mol. The van der Waals surface area contributed by atoms with Crippen LogP contribution in [0.3, 0.4) is 0 Å². The summed E-state index contributed by atoms with van der Waals surface area (Å²) in [6.45, 7) is 0.327. The molecule has 0 saturated carbocycles. The summed E-state index contributed by atoms with van der Waals surface area (Å²) in [5, 5.41) is 11.5. The summed E-state index contributed by atoms with van der Waals surface area (Å²) in [6, 6.07) is 13.1. The van der Waals surface area contributed by atoms with Crippen LogP contribution >= 0.6 is 0 Å². The maximum absolute atomic E-state index is 11.9. The molecule has 0 fully saturated rings. The third-order valence-corrected chi connectivity index (χ3v) is 2.80. The summed E-state index contributed by atoms with van der Waals surface area (Å²) < 4.78 is 0. The number of hydrogen-bond donors (Lipinski definition) is 3. The zero-order chi connectivity index (χ0) is 14.5. The number of nitrogens with one attached hydrogen (secondary N) is 1. The molecule has 102 valence electrons. The molecule has 0 aliphatic carbocycles. The first-order valence-electron chi connectivity index (χ1n) is 6.02. The number of anilines is 1. The van der Waals surface area contributed by atoms with E-state index in [2.05, 4.69) is 5.32 Å². The Labute approximate surface area is 116 Å². The van der Waals surface area contributed by atoms with Gasteiger partial charge in [-0.1, -0.05) is 18.2 Å². The molecule has 2 aromatic rings. The molecule has 0 heterocycles. The van der Waals surface area contributed by atoms with Crippen molar-refractivity contribution in [1.82, 2.24) is 5.32 Å². The molecule has 5 nitrogen and oxygen atoms in total. The van der Waals surface area contributed by atoms with Crippen molar-refractivity contribution in [2.45, 2.75) is 6.54 Å². The van der Waals surface area contributed by atoms with Gasteiger partial charge in [-0.15, -0.1) is 0 Å². The Kier molecular flexibility index (Phi) is 4.00. The van der Waals surface area contributed by atoms with Gasteiger partial charge in [-0.3, -0.25) is 4.79 Å². The third-order valence-electron chi connectivity index (χ3n) is 2.80. The predicted octanol–water partition coefficient (Wildman–Crippen LogP) is 1.90. The Hall–Kier alpha value is -2.82. The van der Waals surface area contributed by atoms with Crippen LogP contribution in [-0.4, -0.2) is 17.0 Å². The number of carboxylic acid groups (broad SMARTS) is 1. The Morgan fingerprint density at radius 1 is 1.05 bits per heavy atom. The van der Waals surface area contributed by atoms with Gasteiger partial charge < -0.3 is 16.2 Å². The van der Waals surface area contributed by atoms with E-state index in [1.165, 1.54) is 12.1 Å². The van der Waals surface area contributed by atoms with Crippen molar-refractivity contribution < 1.29 is 14.7 Å². The minimum Gasteiger partial charge on any atom is -0.478 e. The molecule has 2 aromatic carbocycles. The van der Waals surface area contributed by atoms with E-state index in [-0.39, 0.29) is 11.5 Å². The fourth-order valence-electron chi connectivity index (χ4n) is 1.73. The van der Waals surface area contributed by atoms with Crippen LogP contribution in [0.4, 0.5) is 5.69 Å². The van der Waals surface area contributed by atoms with Crippen LogP contribution in [0.2, 0.25) is 0 Å². The van der Waals surface area contributed by atoms with Gasteiger partial charge in [-0.2, -0.15) is 0 Å². The number of nitrogens with two attached hydrogens (primary N) is 1. The van der Waals surface area contributed by atoms with E-state index < -0.39 is 5.97 Å². The molecule has 5 heteroatoms. The SMILES string of the molecule is Nc1cccc(C(=O)NCc2ccc(C(=O)O)cc2)c1. The van der Waals surface area contributed by atoms with Gasteiger partial charge in [-0.25, -0.2) is 4.79 Å². The summed E-state index contributed by atoms with van der Waals surface area (Å²) in [7, 11) is 0. The maximum atomic E-state index is 11.9. The third kappa shape index (κ3) is 3.35. The largest absolute Gasteiger partial charge is 0.478 e. The van der Waals surface area contributed by atoms with Gasteiger partial charge in [0.1, 0.15) is 0 Å². The van der Waals surface area contributed by atoms with Crippen LogP contribution < -0.4 is 11.1 Å². The van der Waals surface area contributed by atoms with E-state index in [1.807, 2.05) is 0 Å². The number of hydrogen-bond acceptors (Lipinski definition) is 3. The van der Waals surface area contributed by atoms with Crippen LogP contribution in [0, 0.1) is 0 Å². The lowest BCUT2D eigenvalue weighted by Crippen LogP contribution is -2.22. The van der Waals surface area contributed by atoms with Gasteiger partial charge in [-0.05, 0) is 35.9 Å². The van der Waals surface area contributed by atoms with Crippen LogP contribution in [-0.2, 0) is 6.54 Å². The molecule has 0 aromatic heterocycles. The highest BCUT2D eigenvalue weighted by Gasteiger charge is 2.06. The lowest BCUT2D eigenvalue weighted by Gasteiger charge is -2.06. The lowest BCUT2D eigenvalue weighted by atomic mass is 10.1. The Morgan fingerprint density at radius 3 is 2.35 bits per heavy atom. The average Bonchev–Trinajstić information content (AvgIpc) is 2.45. The normalized spacial score (nSPS) is 10.0. The molecular formula is C15H14N2O3. The molecule has 0 spiro atoms. The second-order valence-corrected chi connectivity index (χ2v) is 4.31. The topological polar surface area (TPSA) is 92.4 Å². The van der Waals surface area contributed by atoms with Gasteiger partial charge in [0.05, 0.1) is 5.56 Å². The van der Waals surface area contributed by atoms with Crippen molar-refractivity contribution in [3.8, 4) is 0 Å². The molecule has 0 radical (unpaired) electrons. The summed E-state index contributed by atoms with van der Waals surface area (Å²) in [4.78, 5) is 22.6. The van der Waals surface area contributed by atoms with Crippen molar-refractivity contribution in [1.29, 1.82) is 0 Å². The van der Waals surface area contributed by atoms with Gasteiger partial charge >= 0.3 is 5.97 Å². The highest BCUT2D eigenvalue weighted by molar-refractivity contribution is 5.95. The Morgan fingerprint density at radius 2 is 1.75 bits per heavy atom. The average molecular weight is 270 g/mol. The summed E-state index contributed by atoms with van der Waals surface area (Å²) in [6.07, 6.45) is 0. The van der Waals surface area contributed by atoms with E-state index in [1.54, 1.807) is 36.4 Å². The monoisotopic (exact) mass is 270 g/mol. The first-order chi connectivity index (χ1) is 9.56. The molecule has 0 saturated heterocycles. The highest BCUT2D eigenvalue weighted by Crippen LogP contribution is 2.08. The van der Waals surface area contributed by atoms with Gasteiger partial charge in [0.25, 0.3) is 5.91 Å². The number of aromatic carboxylic acids is 1. The van der Waals surface area contributed by atoms with Gasteiger partial charge in [0.2, 0.25) is 0 Å². The van der Waals surface area contributed by atoms with E-state index in [0.717, 1.165) is 5.56 Å². The zero-order valence-electron chi connectivity index (χ0n) is 10.7. The number of carbonyl (C=O) groups excluding carboxylic acids is 1. The zero-order valence-corrected chi connectivity index (χ0v) is 10.7.